The van der Waals surface area contributed by atoms with Gasteiger partial charge in [-0.1, -0.05) is 43.5 Å². The van der Waals surface area contributed by atoms with Gasteiger partial charge < -0.3 is 14.0 Å². The summed E-state index contributed by atoms with van der Waals surface area (Å²) >= 11 is 0. The second-order valence-electron chi connectivity index (χ2n) is 8.29. The highest BCUT2D eigenvalue weighted by atomic mass is 16.7. The summed E-state index contributed by atoms with van der Waals surface area (Å²) in [6.07, 6.45) is 6.85. The molecule has 0 unspecified atom stereocenters. The van der Waals surface area contributed by atoms with E-state index in [1.54, 1.807) is 0 Å². The van der Waals surface area contributed by atoms with Crippen LogP contribution < -0.4 is 5.46 Å². The molecule has 1 aliphatic carbocycles. The van der Waals surface area contributed by atoms with Gasteiger partial charge in [-0.3, -0.25) is 4.79 Å². The molecule has 5 heteroatoms. The Morgan fingerprint density at radius 2 is 1.46 bits per heavy atom. The lowest BCUT2D eigenvalue weighted by atomic mass is 9.77. The Bertz CT molecular complexity index is 573. The van der Waals surface area contributed by atoms with Gasteiger partial charge in [0.05, 0.1) is 18.3 Å². The van der Waals surface area contributed by atoms with Gasteiger partial charge in [-0.2, -0.15) is 0 Å². The Morgan fingerprint density at radius 3 is 1.88 bits per heavy atom. The normalized spacial score (nSPS) is 21.7. The minimum absolute atomic E-state index is 0.240. The Balaban J connectivity index is 0.000000431. The van der Waals surface area contributed by atoms with Crippen molar-refractivity contribution in [3.05, 3.63) is 29.8 Å². The topological polar surface area (TPSA) is 44.8 Å². The molecule has 26 heavy (non-hydrogen) atoms. The van der Waals surface area contributed by atoms with Crippen LogP contribution >= 0.6 is 0 Å². The van der Waals surface area contributed by atoms with Crippen molar-refractivity contribution in [1.29, 1.82) is 0 Å². The molecule has 0 radical (unpaired) electrons. The van der Waals surface area contributed by atoms with E-state index in [-0.39, 0.29) is 24.3 Å². The quantitative estimate of drug-likeness (QED) is 0.585. The Hall–Kier alpha value is -1.33. The summed E-state index contributed by atoms with van der Waals surface area (Å²) in [5, 5.41) is 0. The molecule has 0 amide bonds. The average Bonchev–Trinajstić information content (AvgIpc) is 2.84. The molecule has 0 spiro atoms. The molecule has 1 aromatic carbocycles. The number of benzene rings is 1. The van der Waals surface area contributed by atoms with Crippen molar-refractivity contribution in [2.24, 2.45) is 0 Å². The van der Waals surface area contributed by atoms with Gasteiger partial charge in [0.2, 0.25) is 0 Å². The second-order valence-corrected chi connectivity index (χ2v) is 8.29. The molecule has 0 N–H and O–H groups in total. The molecule has 0 atom stereocenters. The van der Waals surface area contributed by atoms with Crippen LogP contribution in [-0.4, -0.2) is 31.4 Å². The highest BCUT2D eigenvalue weighted by Crippen LogP contribution is 2.37. The van der Waals surface area contributed by atoms with E-state index < -0.39 is 0 Å². The number of rotatable bonds is 2. The fraction of sp³-hybridized carbons (Fsp3) is 0.667. The molecule has 144 valence electrons. The summed E-state index contributed by atoms with van der Waals surface area (Å²) < 4.78 is 16.3. The molecular formula is C21H33BO4. The van der Waals surface area contributed by atoms with E-state index in [1.807, 2.05) is 0 Å². The molecule has 2 aliphatic rings. The first kappa shape index (κ1) is 21.0. The smallest absolute Gasteiger partial charge is 0.469 e. The predicted molar refractivity (Wildman–Crippen MR) is 106 cm³/mol. The first-order valence-electron chi connectivity index (χ1n) is 9.66. The molecule has 0 bridgehead atoms. The van der Waals surface area contributed by atoms with Crippen LogP contribution in [0.15, 0.2) is 24.3 Å². The first-order chi connectivity index (χ1) is 12.2. The zero-order valence-electron chi connectivity index (χ0n) is 17.1. The first-order valence-corrected chi connectivity index (χ1v) is 9.66. The Morgan fingerprint density at radius 1 is 1.00 bits per heavy atom. The van der Waals surface area contributed by atoms with E-state index in [4.69, 9.17) is 9.31 Å². The molecule has 1 aromatic rings. The lowest BCUT2D eigenvalue weighted by Crippen LogP contribution is -2.41. The van der Waals surface area contributed by atoms with Gasteiger partial charge in [-0.15, -0.1) is 0 Å². The monoisotopic (exact) mass is 360 g/mol. The van der Waals surface area contributed by atoms with E-state index in [1.165, 1.54) is 51.7 Å². The number of carbonyl (C=O) groups excluding carboxylic acids is 1. The summed E-state index contributed by atoms with van der Waals surface area (Å²) in [5.74, 6) is 0.510. The molecule has 1 saturated carbocycles. The number of carbonyl (C=O) groups is 1. The minimum atomic E-state index is -0.264. The van der Waals surface area contributed by atoms with Gasteiger partial charge >= 0.3 is 13.1 Å². The van der Waals surface area contributed by atoms with Gasteiger partial charge in [0.15, 0.2) is 0 Å². The number of hydrogen-bond acceptors (Lipinski definition) is 4. The Labute approximate surface area is 158 Å². The minimum Gasteiger partial charge on any atom is -0.469 e. The molecule has 3 rings (SSSR count). The molecular weight excluding hydrogens is 327 g/mol. The third-order valence-electron chi connectivity index (χ3n) is 5.83. The van der Waals surface area contributed by atoms with Gasteiger partial charge in [0, 0.05) is 6.92 Å². The molecule has 0 aromatic heterocycles. The summed E-state index contributed by atoms with van der Waals surface area (Å²) in [5.41, 5.74) is 2.09. The fourth-order valence-corrected chi connectivity index (χ4v) is 3.34. The lowest BCUT2D eigenvalue weighted by Gasteiger charge is -2.32. The van der Waals surface area contributed by atoms with Crippen molar-refractivity contribution >= 4 is 18.6 Å². The number of hydrogen-bond donors (Lipinski definition) is 0. The van der Waals surface area contributed by atoms with Crippen molar-refractivity contribution in [1.82, 2.24) is 0 Å². The summed E-state index contributed by atoms with van der Waals surface area (Å²) in [6, 6.07) is 8.92. The fourth-order valence-electron chi connectivity index (χ4n) is 3.34. The van der Waals surface area contributed by atoms with Crippen LogP contribution in [0.2, 0.25) is 0 Å². The molecule has 1 heterocycles. The average molecular weight is 360 g/mol. The lowest BCUT2D eigenvalue weighted by molar-refractivity contribution is -0.137. The molecule has 2 fully saturated rings. The van der Waals surface area contributed by atoms with Gasteiger partial charge in [0.25, 0.3) is 0 Å². The Kier molecular flexibility index (Phi) is 6.92. The highest BCUT2D eigenvalue weighted by Gasteiger charge is 2.51. The maximum Gasteiger partial charge on any atom is 0.494 e. The summed E-state index contributed by atoms with van der Waals surface area (Å²) in [6.45, 7) is 9.76. The highest BCUT2D eigenvalue weighted by molar-refractivity contribution is 6.62. The second kappa shape index (κ2) is 8.58. The van der Waals surface area contributed by atoms with Crippen LogP contribution in [0.25, 0.3) is 0 Å². The number of esters is 1. The van der Waals surface area contributed by atoms with Gasteiger partial charge in [0.1, 0.15) is 0 Å². The van der Waals surface area contributed by atoms with E-state index in [0.29, 0.717) is 0 Å². The molecule has 1 saturated heterocycles. The van der Waals surface area contributed by atoms with Crippen LogP contribution in [0.1, 0.15) is 78.2 Å². The van der Waals surface area contributed by atoms with Crippen molar-refractivity contribution in [2.75, 3.05) is 7.11 Å². The van der Waals surface area contributed by atoms with Crippen LogP contribution in [-0.2, 0) is 18.8 Å². The zero-order chi connectivity index (χ0) is 19.4. The maximum atomic E-state index is 9.59. The van der Waals surface area contributed by atoms with Crippen LogP contribution in [0.4, 0.5) is 0 Å². The van der Waals surface area contributed by atoms with Crippen LogP contribution in [0, 0.1) is 0 Å². The largest absolute Gasteiger partial charge is 0.494 e. The summed E-state index contributed by atoms with van der Waals surface area (Å²) in [4.78, 5) is 9.59. The predicted octanol–water partition coefficient (Wildman–Crippen LogP) is 4.21. The van der Waals surface area contributed by atoms with Crippen molar-refractivity contribution in [2.45, 2.75) is 83.8 Å². The van der Waals surface area contributed by atoms with Gasteiger partial charge in [-0.25, -0.2) is 0 Å². The van der Waals surface area contributed by atoms with Crippen molar-refractivity contribution in [3.8, 4) is 0 Å². The zero-order valence-corrected chi connectivity index (χ0v) is 17.1. The van der Waals surface area contributed by atoms with E-state index in [9.17, 15) is 4.79 Å². The maximum absolute atomic E-state index is 9.59. The van der Waals surface area contributed by atoms with E-state index in [0.717, 1.165) is 11.4 Å². The standard InChI is InChI=1S/C18H27BO2.C3H6O2/c1-17(2)18(3,4)21-19(20-17)16-12-10-15(11-13-16)14-8-6-5-7-9-14;1-3(4)5-2/h10-14H,5-9H2,1-4H3;1-2H3. The molecule has 1 aliphatic heterocycles. The third kappa shape index (κ3) is 5.11. The SMILES string of the molecule is CC1(C)OB(c2ccc(C3CCCCC3)cc2)OC1(C)C.COC(C)=O. The molecule has 4 nitrogen and oxygen atoms in total. The summed E-state index contributed by atoms with van der Waals surface area (Å²) in [7, 11) is 1.11. The van der Waals surface area contributed by atoms with Crippen LogP contribution in [0.3, 0.4) is 0 Å². The number of ether oxygens (including phenoxy) is 1. The third-order valence-corrected chi connectivity index (χ3v) is 5.83. The van der Waals surface area contributed by atoms with Gasteiger partial charge in [-0.05, 0) is 57.5 Å². The van der Waals surface area contributed by atoms with Crippen molar-refractivity contribution in [3.63, 3.8) is 0 Å². The van der Waals surface area contributed by atoms with Crippen LogP contribution in [0.5, 0.6) is 0 Å². The number of methoxy groups -OCH3 is 1. The van der Waals surface area contributed by atoms with E-state index in [2.05, 4.69) is 56.7 Å². The van der Waals surface area contributed by atoms with Crippen molar-refractivity contribution < 1.29 is 18.8 Å². The van der Waals surface area contributed by atoms with E-state index >= 15 is 0 Å².